The largest absolute Gasteiger partial charge is 0.508 e. The maximum Gasteiger partial charge on any atom is 0.261 e. The summed E-state index contributed by atoms with van der Waals surface area (Å²) in [5, 5.41) is 18.2. The quantitative estimate of drug-likeness (QED) is 0.912. The number of hydrogen-bond donors (Lipinski definition) is 1. The molecule has 0 aliphatic rings. The van der Waals surface area contributed by atoms with Gasteiger partial charge in [-0.1, -0.05) is 12.1 Å². The number of benzene rings is 2. The number of halogens is 1. The molecule has 20 heavy (non-hydrogen) atoms. The number of phenols is 1. The second-order valence-electron chi connectivity index (χ2n) is 4.16. The third-order valence-corrected chi connectivity index (χ3v) is 2.87. The molecule has 1 N–H and O–H groups in total. The van der Waals surface area contributed by atoms with Crippen LogP contribution in [0, 0.1) is 17.1 Å². The Morgan fingerprint density at radius 2 is 2.00 bits per heavy atom. The van der Waals surface area contributed by atoms with Crippen LogP contribution in [0.2, 0.25) is 0 Å². The molecule has 0 atom stereocenters. The zero-order chi connectivity index (χ0) is 14.7. The highest BCUT2D eigenvalue weighted by Crippen LogP contribution is 2.22. The third kappa shape index (κ3) is 2.45. The van der Waals surface area contributed by atoms with E-state index in [1.165, 1.54) is 24.1 Å². The van der Waals surface area contributed by atoms with E-state index in [2.05, 4.69) is 0 Å². The number of nitriles is 1. The van der Waals surface area contributed by atoms with Gasteiger partial charge in [0.05, 0.1) is 16.8 Å². The Morgan fingerprint density at radius 3 is 2.65 bits per heavy atom. The Hall–Kier alpha value is -2.87. The van der Waals surface area contributed by atoms with Crippen molar-refractivity contribution < 1.29 is 14.3 Å². The number of hydrogen-bond acceptors (Lipinski definition) is 3. The number of amides is 1. The molecule has 2 aromatic rings. The van der Waals surface area contributed by atoms with Crippen LogP contribution in [0.4, 0.5) is 10.1 Å². The van der Waals surface area contributed by atoms with Crippen LogP contribution in [0.1, 0.15) is 15.9 Å². The minimum absolute atomic E-state index is 0.168. The molecule has 0 saturated heterocycles. The van der Waals surface area contributed by atoms with Crippen LogP contribution in [-0.2, 0) is 0 Å². The van der Waals surface area contributed by atoms with Crippen molar-refractivity contribution in [3.8, 4) is 11.8 Å². The summed E-state index contributed by atoms with van der Waals surface area (Å²) >= 11 is 0. The Labute approximate surface area is 115 Å². The summed E-state index contributed by atoms with van der Waals surface area (Å²) < 4.78 is 13.7. The van der Waals surface area contributed by atoms with Crippen molar-refractivity contribution in [1.82, 2.24) is 0 Å². The summed E-state index contributed by atoms with van der Waals surface area (Å²) in [6, 6.07) is 11.8. The Morgan fingerprint density at radius 1 is 1.30 bits per heavy atom. The van der Waals surface area contributed by atoms with E-state index in [0.717, 1.165) is 6.07 Å². The molecule has 0 unspecified atom stereocenters. The molecule has 2 rings (SSSR count). The first kappa shape index (κ1) is 13.6. The standard InChI is InChI=1S/C15H11FN2O2/c1-18(14-5-3-2-4-10(14)9-17)15(20)12-7-6-11(19)8-13(12)16/h2-8,19H,1H3. The van der Waals surface area contributed by atoms with E-state index >= 15 is 0 Å². The minimum atomic E-state index is -0.809. The zero-order valence-corrected chi connectivity index (χ0v) is 10.7. The highest BCUT2D eigenvalue weighted by Gasteiger charge is 2.19. The second kappa shape index (κ2) is 5.41. The van der Waals surface area contributed by atoms with Gasteiger partial charge in [-0.05, 0) is 24.3 Å². The van der Waals surface area contributed by atoms with E-state index in [0.29, 0.717) is 11.3 Å². The number of para-hydroxylation sites is 1. The number of carbonyl (C=O) groups is 1. The molecule has 100 valence electrons. The lowest BCUT2D eigenvalue weighted by Crippen LogP contribution is -2.27. The fourth-order valence-corrected chi connectivity index (χ4v) is 1.83. The molecule has 2 aromatic carbocycles. The van der Waals surface area contributed by atoms with Crippen LogP contribution < -0.4 is 4.90 Å². The molecule has 5 heteroatoms. The molecule has 0 aliphatic heterocycles. The maximum atomic E-state index is 13.7. The highest BCUT2D eigenvalue weighted by molar-refractivity contribution is 6.06. The number of phenolic OH excluding ortho intramolecular Hbond substituents is 1. The minimum Gasteiger partial charge on any atom is -0.508 e. The van der Waals surface area contributed by atoms with Gasteiger partial charge in [-0.25, -0.2) is 4.39 Å². The van der Waals surface area contributed by atoms with Gasteiger partial charge in [0.15, 0.2) is 0 Å². The predicted molar refractivity (Wildman–Crippen MR) is 72.0 cm³/mol. The van der Waals surface area contributed by atoms with Gasteiger partial charge in [-0.2, -0.15) is 5.26 Å². The van der Waals surface area contributed by atoms with Crippen molar-refractivity contribution in [1.29, 1.82) is 5.26 Å². The number of rotatable bonds is 2. The van der Waals surface area contributed by atoms with Gasteiger partial charge in [0.1, 0.15) is 17.6 Å². The van der Waals surface area contributed by atoms with Gasteiger partial charge in [-0.3, -0.25) is 4.79 Å². The van der Waals surface area contributed by atoms with Crippen LogP contribution >= 0.6 is 0 Å². The fraction of sp³-hybridized carbons (Fsp3) is 0.0667. The second-order valence-corrected chi connectivity index (χ2v) is 4.16. The van der Waals surface area contributed by atoms with E-state index in [1.54, 1.807) is 24.3 Å². The van der Waals surface area contributed by atoms with Crippen LogP contribution in [0.5, 0.6) is 5.75 Å². The molecule has 4 nitrogen and oxygen atoms in total. The summed E-state index contributed by atoms with van der Waals surface area (Å²) in [6.07, 6.45) is 0. The van der Waals surface area contributed by atoms with Crippen molar-refractivity contribution in [2.45, 2.75) is 0 Å². The van der Waals surface area contributed by atoms with Gasteiger partial charge in [0.25, 0.3) is 5.91 Å². The van der Waals surface area contributed by atoms with Gasteiger partial charge in [0.2, 0.25) is 0 Å². The first-order chi connectivity index (χ1) is 9.54. The van der Waals surface area contributed by atoms with Crippen molar-refractivity contribution in [2.75, 3.05) is 11.9 Å². The SMILES string of the molecule is CN(C(=O)c1ccc(O)cc1F)c1ccccc1C#N. The average Bonchev–Trinajstić information content (AvgIpc) is 2.45. The molecule has 1 amide bonds. The van der Waals surface area contributed by atoms with Crippen molar-refractivity contribution in [2.24, 2.45) is 0 Å². The summed E-state index contributed by atoms with van der Waals surface area (Å²) in [4.78, 5) is 13.4. The number of anilines is 1. The van der Waals surface area contributed by atoms with Crippen molar-refractivity contribution in [3.63, 3.8) is 0 Å². The Balaban J connectivity index is 2.41. The van der Waals surface area contributed by atoms with Crippen molar-refractivity contribution in [3.05, 3.63) is 59.4 Å². The zero-order valence-electron chi connectivity index (χ0n) is 10.7. The summed E-state index contributed by atoms with van der Waals surface area (Å²) in [5.74, 6) is -1.65. The lowest BCUT2D eigenvalue weighted by atomic mass is 10.1. The Bertz CT molecular complexity index is 707. The molecule has 0 aromatic heterocycles. The predicted octanol–water partition coefficient (Wildman–Crippen LogP) is 2.68. The summed E-state index contributed by atoms with van der Waals surface area (Å²) in [7, 11) is 1.46. The lowest BCUT2D eigenvalue weighted by molar-refractivity contribution is 0.0989. The number of aromatic hydroxyl groups is 1. The monoisotopic (exact) mass is 270 g/mol. The molecular weight excluding hydrogens is 259 g/mol. The van der Waals surface area contributed by atoms with Crippen LogP contribution in [-0.4, -0.2) is 18.1 Å². The van der Waals surface area contributed by atoms with Gasteiger partial charge in [-0.15, -0.1) is 0 Å². The first-order valence-corrected chi connectivity index (χ1v) is 5.80. The van der Waals surface area contributed by atoms with Gasteiger partial charge < -0.3 is 10.0 Å². The number of carbonyl (C=O) groups excluding carboxylic acids is 1. The molecule has 0 aliphatic carbocycles. The van der Waals surface area contributed by atoms with Crippen LogP contribution in [0.3, 0.4) is 0 Å². The smallest absolute Gasteiger partial charge is 0.261 e. The first-order valence-electron chi connectivity index (χ1n) is 5.80. The summed E-state index contributed by atoms with van der Waals surface area (Å²) in [6.45, 7) is 0. The molecular formula is C15H11FN2O2. The Kier molecular flexibility index (Phi) is 3.67. The third-order valence-electron chi connectivity index (χ3n) is 2.87. The normalized spacial score (nSPS) is 9.85. The van der Waals surface area contributed by atoms with Gasteiger partial charge >= 0.3 is 0 Å². The molecule has 0 fully saturated rings. The number of nitrogens with zero attached hydrogens (tertiary/aromatic N) is 2. The molecule has 0 spiro atoms. The summed E-state index contributed by atoms with van der Waals surface area (Å²) in [5.41, 5.74) is 0.549. The fourth-order valence-electron chi connectivity index (χ4n) is 1.83. The van der Waals surface area contributed by atoms with Gasteiger partial charge in [0, 0.05) is 13.1 Å². The topological polar surface area (TPSA) is 64.3 Å². The molecule has 0 bridgehead atoms. The molecule has 0 saturated carbocycles. The van der Waals surface area contributed by atoms with E-state index in [-0.39, 0.29) is 11.3 Å². The van der Waals surface area contributed by atoms with Crippen LogP contribution in [0.25, 0.3) is 0 Å². The van der Waals surface area contributed by atoms with Crippen LogP contribution in [0.15, 0.2) is 42.5 Å². The van der Waals surface area contributed by atoms with E-state index in [1.807, 2.05) is 6.07 Å². The molecule has 0 radical (unpaired) electrons. The van der Waals surface area contributed by atoms with E-state index in [4.69, 9.17) is 10.4 Å². The van der Waals surface area contributed by atoms with E-state index < -0.39 is 11.7 Å². The maximum absolute atomic E-state index is 13.7. The lowest BCUT2D eigenvalue weighted by Gasteiger charge is -2.18. The highest BCUT2D eigenvalue weighted by atomic mass is 19.1. The average molecular weight is 270 g/mol. The van der Waals surface area contributed by atoms with E-state index in [9.17, 15) is 9.18 Å². The van der Waals surface area contributed by atoms with Crippen molar-refractivity contribution >= 4 is 11.6 Å². The molecule has 0 heterocycles.